The van der Waals surface area contributed by atoms with E-state index in [0.29, 0.717) is 6.07 Å². The standard InChI is InChI=1S/C11H9ClF4O2/c1-2-18-10(17)5-7-8(11(14,15)16)3-6(12)4-9(7)13/h3-4H,2,5H2,1H3. The van der Waals surface area contributed by atoms with Crippen LogP contribution in [0.5, 0.6) is 0 Å². The van der Waals surface area contributed by atoms with Crippen LogP contribution in [-0.4, -0.2) is 12.6 Å². The second kappa shape index (κ2) is 5.56. The maximum Gasteiger partial charge on any atom is 0.416 e. The molecule has 0 aromatic heterocycles. The van der Waals surface area contributed by atoms with Crippen molar-refractivity contribution in [3.63, 3.8) is 0 Å². The molecule has 0 atom stereocenters. The van der Waals surface area contributed by atoms with Crippen LogP contribution in [0.3, 0.4) is 0 Å². The molecule has 0 aliphatic carbocycles. The molecule has 0 N–H and O–H groups in total. The highest BCUT2D eigenvalue weighted by molar-refractivity contribution is 6.30. The van der Waals surface area contributed by atoms with E-state index >= 15 is 0 Å². The summed E-state index contributed by atoms with van der Waals surface area (Å²) in [5, 5.41) is -0.382. The van der Waals surface area contributed by atoms with E-state index < -0.39 is 35.5 Å². The van der Waals surface area contributed by atoms with Gasteiger partial charge in [-0.2, -0.15) is 13.2 Å². The van der Waals surface area contributed by atoms with Crippen LogP contribution < -0.4 is 0 Å². The lowest BCUT2D eigenvalue weighted by Gasteiger charge is -2.13. The number of rotatable bonds is 3. The summed E-state index contributed by atoms with van der Waals surface area (Å²) >= 11 is 5.37. The maximum absolute atomic E-state index is 13.4. The fraction of sp³-hybridized carbons (Fsp3) is 0.364. The molecular formula is C11H9ClF4O2. The Labute approximate surface area is 105 Å². The lowest BCUT2D eigenvalue weighted by atomic mass is 10.0. The molecule has 100 valence electrons. The van der Waals surface area contributed by atoms with E-state index in [4.69, 9.17) is 11.6 Å². The number of hydrogen-bond acceptors (Lipinski definition) is 2. The molecule has 0 unspecified atom stereocenters. The van der Waals surface area contributed by atoms with E-state index in [2.05, 4.69) is 4.74 Å². The van der Waals surface area contributed by atoms with Crippen molar-refractivity contribution in [1.29, 1.82) is 0 Å². The number of esters is 1. The van der Waals surface area contributed by atoms with Gasteiger partial charge in [0, 0.05) is 10.6 Å². The number of halogens is 5. The van der Waals surface area contributed by atoms with Crippen molar-refractivity contribution >= 4 is 17.6 Å². The average Bonchev–Trinajstić information content (AvgIpc) is 2.20. The zero-order valence-electron chi connectivity index (χ0n) is 9.28. The number of hydrogen-bond donors (Lipinski definition) is 0. The Bertz CT molecular complexity index is 457. The number of carbonyl (C=O) groups is 1. The van der Waals surface area contributed by atoms with E-state index in [9.17, 15) is 22.4 Å². The van der Waals surface area contributed by atoms with E-state index in [1.807, 2.05) is 0 Å². The van der Waals surface area contributed by atoms with Crippen molar-refractivity contribution in [1.82, 2.24) is 0 Å². The minimum atomic E-state index is -4.78. The van der Waals surface area contributed by atoms with Gasteiger partial charge in [0.1, 0.15) is 5.82 Å². The molecule has 1 aromatic carbocycles. The third kappa shape index (κ3) is 3.60. The SMILES string of the molecule is CCOC(=O)Cc1c(F)cc(Cl)cc1C(F)(F)F. The van der Waals surface area contributed by atoms with E-state index in [1.165, 1.54) is 6.92 Å². The minimum absolute atomic E-state index is 0.00932. The summed E-state index contributed by atoms with van der Waals surface area (Å²) in [6.45, 7) is 1.51. The van der Waals surface area contributed by atoms with E-state index in [0.717, 1.165) is 6.07 Å². The van der Waals surface area contributed by atoms with E-state index in [1.54, 1.807) is 0 Å². The Morgan fingerprint density at radius 3 is 2.50 bits per heavy atom. The van der Waals surface area contributed by atoms with Gasteiger partial charge in [-0.05, 0) is 19.1 Å². The first-order valence-electron chi connectivity index (χ1n) is 4.96. The molecule has 0 heterocycles. The van der Waals surface area contributed by atoms with Gasteiger partial charge >= 0.3 is 12.1 Å². The predicted octanol–water partition coefficient (Wildman–Crippen LogP) is 3.60. The molecule has 1 aromatic rings. The zero-order valence-corrected chi connectivity index (χ0v) is 10.0. The van der Waals surface area contributed by atoms with Gasteiger partial charge in [-0.25, -0.2) is 4.39 Å². The molecular weight excluding hydrogens is 276 g/mol. The average molecular weight is 285 g/mol. The van der Waals surface area contributed by atoms with Crippen LogP contribution in [0, 0.1) is 5.82 Å². The Morgan fingerprint density at radius 1 is 1.39 bits per heavy atom. The monoisotopic (exact) mass is 284 g/mol. The van der Waals surface area contributed by atoms with Crippen LogP contribution in [0.1, 0.15) is 18.1 Å². The van der Waals surface area contributed by atoms with Gasteiger partial charge in [-0.15, -0.1) is 0 Å². The second-order valence-corrected chi connectivity index (χ2v) is 3.83. The van der Waals surface area contributed by atoms with Crippen molar-refractivity contribution in [3.05, 3.63) is 34.1 Å². The lowest BCUT2D eigenvalue weighted by molar-refractivity contribution is -0.143. The van der Waals surface area contributed by atoms with Crippen molar-refractivity contribution < 1.29 is 27.1 Å². The number of alkyl halides is 3. The Balaban J connectivity index is 3.20. The minimum Gasteiger partial charge on any atom is -0.466 e. The normalized spacial score (nSPS) is 11.4. The third-order valence-electron chi connectivity index (χ3n) is 2.09. The highest BCUT2D eigenvalue weighted by Crippen LogP contribution is 2.35. The molecule has 0 amide bonds. The van der Waals surface area contributed by atoms with Crippen molar-refractivity contribution in [2.45, 2.75) is 19.5 Å². The van der Waals surface area contributed by atoms with Crippen LogP contribution in [0.2, 0.25) is 5.02 Å². The van der Waals surface area contributed by atoms with Gasteiger partial charge in [0.05, 0.1) is 18.6 Å². The van der Waals surface area contributed by atoms with Crippen molar-refractivity contribution in [2.75, 3.05) is 6.61 Å². The number of carbonyl (C=O) groups excluding carboxylic acids is 1. The fourth-order valence-corrected chi connectivity index (χ4v) is 1.60. The summed E-state index contributed by atoms with van der Waals surface area (Å²) in [5.41, 5.74) is -2.02. The topological polar surface area (TPSA) is 26.3 Å². The van der Waals surface area contributed by atoms with Crippen LogP contribution in [0.25, 0.3) is 0 Å². The Kier molecular flexibility index (Phi) is 4.56. The summed E-state index contributed by atoms with van der Waals surface area (Å²) in [7, 11) is 0. The predicted molar refractivity (Wildman–Crippen MR) is 56.7 cm³/mol. The molecule has 0 aliphatic rings. The summed E-state index contributed by atoms with van der Waals surface area (Å²) in [4.78, 5) is 11.1. The third-order valence-corrected chi connectivity index (χ3v) is 2.31. The summed E-state index contributed by atoms with van der Waals surface area (Å²) in [5.74, 6) is -2.10. The summed E-state index contributed by atoms with van der Waals surface area (Å²) < 4.78 is 55.9. The van der Waals surface area contributed by atoms with Crippen LogP contribution in [0.15, 0.2) is 12.1 Å². The molecule has 0 radical (unpaired) electrons. The second-order valence-electron chi connectivity index (χ2n) is 3.39. The molecule has 7 heteroatoms. The van der Waals surface area contributed by atoms with Gasteiger partial charge < -0.3 is 4.74 Å². The molecule has 2 nitrogen and oxygen atoms in total. The highest BCUT2D eigenvalue weighted by Gasteiger charge is 2.35. The molecule has 0 fully saturated rings. The van der Waals surface area contributed by atoms with Crippen LogP contribution in [0.4, 0.5) is 17.6 Å². The zero-order chi connectivity index (χ0) is 13.9. The molecule has 0 spiro atoms. The number of benzene rings is 1. The first kappa shape index (κ1) is 14.8. The molecule has 0 saturated heterocycles. The first-order chi connectivity index (χ1) is 8.25. The van der Waals surface area contributed by atoms with Crippen LogP contribution in [-0.2, 0) is 22.1 Å². The first-order valence-corrected chi connectivity index (χ1v) is 5.34. The number of ether oxygens (including phenoxy) is 1. The van der Waals surface area contributed by atoms with Gasteiger partial charge in [0.25, 0.3) is 0 Å². The molecule has 18 heavy (non-hydrogen) atoms. The molecule has 1 rings (SSSR count). The smallest absolute Gasteiger partial charge is 0.416 e. The Morgan fingerprint density at radius 2 is 2.00 bits per heavy atom. The summed E-state index contributed by atoms with van der Waals surface area (Å²) in [6.07, 6.45) is -5.57. The van der Waals surface area contributed by atoms with Gasteiger partial charge in [0.15, 0.2) is 0 Å². The molecule has 0 bridgehead atoms. The largest absolute Gasteiger partial charge is 0.466 e. The lowest BCUT2D eigenvalue weighted by Crippen LogP contribution is -2.16. The van der Waals surface area contributed by atoms with Gasteiger partial charge in [-0.3, -0.25) is 4.79 Å². The molecule has 0 saturated carbocycles. The summed E-state index contributed by atoms with van der Waals surface area (Å²) in [6, 6.07) is 1.31. The maximum atomic E-state index is 13.4. The molecule has 0 aliphatic heterocycles. The van der Waals surface area contributed by atoms with Crippen LogP contribution >= 0.6 is 11.6 Å². The fourth-order valence-electron chi connectivity index (χ4n) is 1.39. The highest BCUT2D eigenvalue weighted by atomic mass is 35.5. The van der Waals surface area contributed by atoms with Crippen molar-refractivity contribution in [2.24, 2.45) is 0 Å². The van der Waals surface area contributed by atoms with E-state index in [-0.39, 0.29) is 11.6 Å². The van der Waals surface area contributed by atoms with Gasteiger partial charge in [-0.1, -0.05) is 11.6 Å². The Hall–Kier alpha value is -1.30. The van der Waals surface area contributed by atoms with Gasteiger partial charge in [0.2, 0.25) is 0 Å². The quantitative estimate of drug-likeness (QED) is 0.626. The van der Waals surface area contributed by atoms with Crippen molar-refractivity contribution in [3.8, 4) is 0 Å².